The molecule has 0 aliphatic carbocycles. The minimum Gasteiger partial charge on any atom is -0.336 e. The number of carbonyl (C=O) groups excluding carboxylic acids is 1. The summed E-state index contributed by atoms with van der Waals surface area (Å²) in [6.07, 6.45) is 9.85. The number of nitrogens with one attached hydrogen (secondary N) is 1. The summed E-state index contributed by atoms with van der Waals surface area (Å²) < 4.78 is 1.95. The van der Waals surface area contributed by atoms with Crippen LogP contribution in [0.3, 0.4) is 0 Å². The van der Waals surface area contributed by atoms with Gasteiger partial charge in [-0.1, -0.05) is 0 Å². The molecule has 2 aromatic rings. The molecule has 24 heavy (non-hydrogen) atoms. The molecule has 0 bridgehead atoms. The lowest BCUT2D eigenvalue weighted by atomic mass is 10.2. The molecule has 1 aliphatic heterocycles. The number of imidazole rings is 1. The Morgan fingerprint density at radius 2 is 2.21 bits per heavy atom. The number of nitrogens with zero attached hydrogens (tertiary/aromatic N) is 6. The monoisotopic (exact) mass is 329 g/mol. The summed E-state index contributed by atoms with van der Waals surface area (Å²) in [6.45, 7) is 3.54. The van der Waals surface area contributed by atoms with Crippen LogP contribution in [0.25, 0.3) is 0 Å². The summed E-state index contributed by atoms with van der Waals surface area (Å²) in [4.78, 5) is 28.8. The summed E-state index contributed by atoms with van der Waals surface area (Å²) in [5, 5.41) is 2.97. The minimum atomic E-state index is 0.00183. The minimum absolute atomic E-state index is 0.00183. The number of likely N-dealkylation sites (N-methyl/N-ethyl adjacent to an activating group) is 1. The van der Waals surface area contributed by atoms with E-state index in [-0.39, 0.29) is 6.03 Å². The van der Waals surface area contributed by atoms with Crippen molar-refractivity contribution in [2.24, 2.45) is 0 Å². The first kappa shape index (κ1) is 16.4. The van der Waals surface area contributed by atoms with Crippen LogP contribution in [0.15, 0.2) is 37.2 Å². The zero-order valence-electron chi connectivity index (χ0n) is 13.9. The summed E-state index contributed by atoms with van der Waals surface area (Å²) >= 11 is 0. The molecule has 1 aliphatic rings. The quantitative estimate of drug-likeness (QED) is 0.839. The van der Waals surface area contributed by atoms with E-state index in [1.165, 1.54) is 0 Å². The largest absolute Gasteiger partial charge is 0.336 e. The van der Waals surface area contributed by atoms with Gasteiger partial charge in [-0.25, -0.2) is 19.7 Å². The molecule has 0 unspecified atom stereocenters. The van der Waals surface area contributed by atoms with Gasteiger partial charge in [-0.3, -0.25) is 4.90 Å². The molecule has 2 aromatic heterocycles. The van der Waals surface area contributed by atoms with Crippen LogP contribution < -0.4 is 5.32 Å². The van der Waals surface area contributed by atoms with Crippen molar-refractivity contribution in [1.82, 2.24) is 34.6 Å². The Kier molecular flexibility index (Phi) is 5.37. The summed E-state index contributed by atoms with van der Waals surface area (Å²) in [7, 11) is 2.06. The number of urea groups is 1. The Morgan fingerprint density at radius 1 is 1.38 bits per heavy atom. The standard InChI is InChI=1S/C16H23N7O/c1-21(12-15-18-4-2-5-19-15)14-3-8-23(11-14)16(24)20-7-10-22-9-6-17-13-22/h2,4-6,9,13-14H,3,7-8,10-12H2,1H3,(H,20,24)/t14-/m0/s1. The number of likely N-dealkylation sites (tertiary alicyclic amines) is 1. The van der Waals surface area contributed by atoms with Crippen molar-refractivity contribution in [2.45, 2.75) is 25.6 Å². The van der Waals surface area contributed by atoms with Crippen LogP contribution >= 0.6 is 0 Å². The Balaban J connectivity index is 1.41. The van der Waals surface area contributed by atoms with Gasteiger partial charge in [-0.15, -0.1) is 0 Å². The topological polar surface area (TPSA) is 79.2 Å². The highest BCUT2D eigenvalue weighted by atomic mass is 16.2. The molecule has 3 rings (SSSR count). The van der Waals surface area contributed by atoms with Crippen molar-refractivity contribution in [2.75, 3.05) is 26.7 Å². The van der Waals surface area contributed by atoms with Gasteiger partial charge in [0.1, 0.15) is 5.82 Å². The predicted molar refractivity (Wildman–Crippen MR) is 89.1 cm³/mol. The summed E-state index contributed by atoms with van der Waals surface area (Å²) in [5.74, 6) is 0.809. The van der Waals surface area contributed by atoms with Crippen LogP contribution in [-0.4, -0.2) is 68.1 Å². The lowest BCUT2D eigenvalue weighted by Crippen LogP contribution is -2.42. The van der Waals surface area contributed by atoms with Crippen LogP contribution in [0.5, 0.6) is 0 Å². The van der Waals surface area contributed by atoms with E-state index in [0.717, 1.165) is 31.9 Å². The molecule has 0 radical (unpaired) electrons. The van der Waals surface area contributed by atoms with Gasteiger partial charge < -0.3 is 14.8 Å². The summed E-state index contributed by atoms with van der Waals surface area (Å²) in [5.41, 5.74) is 0. The molecular weight excluding hydrogens is 306 g/mol. The first-order valence-corrected chi connectivity index (χ1v) is 8.17. The second kappa shape index (κ2) is 7.87. The van der Waals surface area contributed by atoms with Gasteiger partial charge in [-0.2, -0.15) is 0 Å². The Bertz CT molecular complexity index is 631. The van der Waals surface area contributed by atoms with Crippen LogP contribution in [0.4, 0.5) is 4.79 Å². The molecular formula is C16H23N7O. The van der Waals surface area contributed by atoms with Gasteiger partial charge in [0, 0.05) is 57.0 Å². The molecule has 1 saturated heterocycles. The van der Waals surface area contributed by atoms with E-state index in [1.54, 1.807) is 24.9 Å². The van der Waals surface area contributed by atoms with Gasteiger partial charge in [0.2, 0.25) is 0 Å². The molecule has 0 saturated carbocycles. The normalized spacial score (nSPS) is 17.4. The van der Waals surface area contributed by atoms with Crippen molar-refractivity contribution in [3.8, 4) is 0 Å². The van der Waals surface area contributed by atoms with E-state index in [9.17, 15) is 4.79 Å². The molecule has 8 nitrogen and oxygen atoms in total. The van der Waals surface area contributed by atoms with E-state index in [1.807, 2.05) is 21.7 Å². The van der Waals surface area contributed by atoms with Gasteiger partial charge in [0.25, 0.3) is 0 Å². The zero-order chi connectivity index (χ0) is 16.8. The highest BCUT2D eigenvalue weighted by Gasteiger charge is 2.28. The highest BCUT2D eigenvalue weighted by Crippen LogP contribution is 2.15. The maximum absolute atomic E-state index is 12.2. The Morgan fingerprint density at radius 3 is 2.96 bits per heavy atom. The van der Waals surface area contributed by atoms with Gasteiger partial charge in [-0.05, 0) is 19.5 Å². The number of amides is 2. The Labute approximate surface area is 141 Å². The fourth-order valence-electron chi connectivity index (χ4n) is 2.87. The van der Waals surface area contributed by atoms with Gasteiger partial charge >= 0.3 is 6.03 Å². The average Bonchev–Trinajstić information content (AvgIpc) is 3.27. The van der Waals surface area contributed by atoms with Crippen LogP contribution in [0.1, 0.15) is 12.2 Å². The third-order valence-electron chi connectivity index (χ3n) is 4.29. The maximum atomic E-state index is 12.2. The molecule has 128 valence electrons. The van der Waals surface area contributed by atoms with E-state index >= 15 is 0 Å². The molecule has 3 heterocycles. The van der Waals surface area contributed by atoms with Crippen LogP contribution in [-0.2, 0) is 13.1 Å². The molecule has 1 N–H and O–H groups in total. The molecule has 2 amide bonds. The fraction of sp³-hybridized carbons (Fsp3) is 0.500. The molecule has 1 atom stereocenters. The highest BCUT2D eigenvalue weighted by molar-refractivity contribution is 5.74. The fourth-order valence-corrected chi connectivity index (χ4v) is 2.87. The second-order valence-corrected chi connectivity index (χ2v) is 6.00. The van der Waals surface area contributed by atoms with Crippen LogP contribution in [0, 0.1) is 0 Å². The zero-order valence-corrected chi connectivity index (χ0v) is 13.9. The first-order valence-electron chi connectivity index (χ1n) is 8.17. The van der Waals surface area contributed by atoms with Crippen molar-refractivity contribution >= 4 is 6.03 Å². The number of rotatable bonds is 6. The number of hydrogen-bond acceptors (Lipinski definition) is 5. The third kappa shape index (κ3) is 4.29. The lowest BCUT2D eigenvalue weighted by molar-refractivity contribution is 0.196. The number of carbonyl (C=O) groups is 1. The summed E-state index contributed by atoms with van der Waals surface area (Å²) in [6, 6.07) is 2.16. The molecule has 0 aromatic carbocycles. The van der Waals surface area contributed by atoms with Crippen molar-refractivity contribution in [1.29, 1.82) is 0 Å². The van der Waals surface area contributed by atoms with E-state index in [2.05, 4.69) is 32.2 Å². The number of aromatic nitrogens is 4. The smallest absolute Gasteiger partial charge is 0.317 e. The number of hydrogen-bond donors (Lipinski definition) is 1. The van der Waals surface area contributed by atoms with Crippen molar-refractivity contribution in [3.63, 3.8) is 0 Å². The molecule has 1 fully saturated rings. The molecule has 8 heteroatoms. The van der Waals surface area contributed by atoms with Gasteiger partial charge in [0.05, 0.1) is 12.9 Å². The average molecular weight is 329 g/mol. The van der Waals surface area contributed by atoms with Crippen LogP contribution in [0.2, 0.25) is 0 Å². The lowest BCUT2D eigenvalue weighted by Gasteiger charge is -2.24. The first-order chi connectivity index (χ1) is 11.7. The van der Waals surface area contributed by atoms with Crippen molar-refractivity contribution in [3.05, 3.63) is 43.0 Å². The van der Waals surface area contributed by atoms with E-state index < -0.39 is 0 Å². The van der Waals surface area contributed by atoms with Gasteiger partial charge in [0.15, 0.2) is 0 Å². The van der Waals surface area contributed by atoms with E-state index in [4.69, 9.17) is 0 Å². The van der Waals surface area contributed by atoms with E-state index in [0.29, 0.717) is 19.1 Å². The predicted octanol–water partition coefficient (Wildman–Crippen LogP) is 0.589. The van der Waals surface area contributed by atoms with Crippen molar-refractivity contribution < 1.29 is 4.79 Å². The SMILES string of the molecule is CN(Cc1ncccn1)[C@H]1CCN(C(=O)NCCn2ccnc2)C1. The Hall–Kier alpha value is -2.48. The third-order valence-corrected chi connectivity index (χ3v) is 4.29. The molecule has 0 spiro atoms. The second-order valence-electron chi connectivity index (χ2n) is 6.00. The maximum Gasteiger partial charge on any atom is 0.317 e.